The number of rotatable bonds is 7. The Labute approximate surface area is 124 Å². The summed E-state index contributed by atoms with van der Waals surface area (Å²) in [5.41, 5.74) is 0.342. The van der Waals surface area contributed by atoms with Crippen molar-refractivity contribution in [1.29, 1.82) is 0 Å². The molecule has 6 heteroatoms. The molecule has 0 aliphatic rings. The molecule has 0 heterocycles. The molecule has 0 saturated carbocycles. The molecule has 1 N–H and O–H groups in total. The zero-order valence-corrected chi connectivity index (χ0v) is 12.9. The lowest BCUT2D eigenvalue weighted by Gasteiger charge is -2.28. The first-order chi connectivity index (χ1) is 9.72. The van der Waals surface area contributed by atoms with Crippen LogP contribution in [-0.2, 0) is 6.54 Å². The van der Waals surface area contributed by atoms with Crippen molar-refractivity contribution < 1.29 is 14.8 Å². The van der Waals surface area contributed by atoms with Crippen LogP contribution < -0.4 is 0 Å². The zero-order valence-electron chi connectivity index (χ0n) is 12.9. The molecule has 0 radical (unpaired) electrons. The second-order valence-electron chi connectivity index (χ2n) is 5.82. The molecule has 0 aliphatic carbocycles. The van der Waals surface area contributed by atoms with E-state index in [-0.39, 0.29) is 17.3 Å². The number of nitro groups is 1. The Morgan fingerprint density at radius 2 is 1.95 bits per heavy atom. The molecule has 0 saturated heterocycles. The number of carbonyl (C=O) groups is 1. The van der Waals surface area contributed by atoms with Gasteiger partial charge in [-0.2, -0.15) is 0 Å². The highest BCUT2D eigenvalue weighted by Crippen LogP contribution is 2.23. The lowest BCUT2D eigenvalue weighted by Crippen LogP contribution is -2.33. The Kier molecular flexibility index (Phi) is 5.84. The molecule has 0 aromatic heterocycles. The van der Waals surface area contributed by atoms with Gasteiger partial charge in [-0.3, -0.25) is 15.0 Å². The fourth-order valence-electron chi connectivity index (χ4n) is 2.15. The Bertz CT molecular complexity index is 526. The summed E-state index contributed by atoms with van der Waals surface area (Å²) in [7, 11) is 0. The van der Waals surface area contributed by atoms with Crippen LogP contribution in [0, 0.1) is 16.0 Å². The summed E-state index contributed by atoms with van der Waals surface area (Å²) < 4.78 is 0. The summed E-state index contributed by atoms with van der Waals surface area (Å²) in [6.07, 6.45) is 0. The van der Waals surface area contributed by atoms with Gasteiger partial charge >= 0.3 is 5.97 Å². The van der Waals surface area contributed by atoms with Crippen molar-refractivity contribution in [2.45, 2.75) is 40.3 Å². The average Bonchev–Trinajstić information content (AvgIpc) is 2.37. The average molecular weight is 294 g/mol. The second kappa shape index (κ2) is 7.17. The van der Waals surface area contributed by atoms with Crippen LogP contribution in [-0.4, -0.2) is 33.5 Å². The standard InChI is InChI=1S/C15H22N2O4/c1-10(2)8-16(11(3)4)9-13-6-5-12(15(18)19)7-14(13)17(20)21/h5-7,10-11H,8-9H2,1-4H3,(H,18,19). The monoisotopic (exact) mass is 294 g/mol. The second-order valence-corrected chi connectivity index (χ2v) is 5.82. The molecule has 0 unspecified atom stereocenters. The van der Waals surface area contributed by atoms with Gasteiger partial charge in [0.15, 0.2) is 0 Å². The van der Waals surface area contributed by atoms with Gasteiger partial charge in [-0.15, -0.1) is 0 Å². The smallest absolute Gasteiger partial charge is 0.335 e. The van der Waals surface area contributed by atoms with Gasteiger partial charge in [0.1, 0.15) is 0 Å². The van der Waals surface area contributed by atoms with Crippen molar-refractivity contribution >= 4 is 11.7 Å². The first-order valence-electron chi connectivity index (χ1n) is 6.97. The highest BCUT2D eigenvalue weighted by molar-refractivity contribution is 5.88. The van der Waals surface area contributed by atoms with Gasteiger partial charge in [0, 0.05) is 30.8 Å². The molecule has 21 heavy (non-hydrogen) atoms. The molecule has 1 aromatic rings. The fraction of sp³-hybridized carbons (Fsp3) is 0.533. The number of hydrogen-bond donors (Lipinski definition) is 1. The van der Waals surface area contributed by atoms with E-state index in [1.807, 2.05) is 13.8 Å². The first kappa shape index (κ1) is 17.1. The van der Waals surface area contributed by atoms with E-state index in [0.29, 0.717) is 18.0 Å². The molecule has 0 amide bonds. The maximum absolute atomic E-state index is 11.2. The molecule has 116 valence electrons. The van der Waals surface area contributed by atoms with Gasteiger partial charge in [-0.25, -0.2) is 4.79 Å². The molecule has 0 bridgehead atoms. The van der Waals surface area contributed by atoms with Crippen LogP contribution in [0.25, 0.3) is 0 Å². The Hall–Kier alpha value is -1.95. The Morgan fingerprint density at radius 3 is 2.38 bits per heavy atom. The van der Waals surface area contributed by atoms with E-state index in [2.05, 4.69) is 18.7 Å². The molecular formula is C15H22N2O4. The highest BCUT2D eigenvalue weighted by atomic mass is 16.6. The Balaban J connectivity index is 3.11. The van der Waals surface area contributed by atoms with Crippen molar-refractivity contribution in [3.63, 3.8) is 0 Å². The number of carboxylic acids is 1. The molecule has 0 fully saturated rings. The van der Waals surface area contributed by atoms with Crippen molar-refractivity contribution in [3.05, 3.63) is 39.4 Å². The molecule has 6 nitrogen and oxygen atoms in total. The zero-order chi connectivity index (χ0) is 16.2. The van der Waals surface area contributed by atoms with E-state index in [0.717, 1.165) is 12.6 Å². The van der Waals surface area contributed by atoms with Crippen LogP contribution in [0.1, 0.15) is 43.6 Å². The summed E-state index contributed by atoms with van der Waals surface area (Å²) in [6, 6.07) is 4.34. The minimum Gasteiger partial charge on any atom is -0.478 e. The van der Waals surface area contributed by atoms with E-state index in [1.54, 1.807) is 0 Å². The summed E-state index contributed by atoms with van der Waals surface area (Å²) in [5, 5.41) is 20.1. The predicted octanol–water partition coefficient (Wildman–Crippen LogP) is 3.16. The van der Waals surface area contributed by atoms with E-state index < -0.39 is 10.9 Å². The third-order valence-electron chi connectivity index (χ3n) is 3.23. The summed E-state index contributed by atoms with van der Waals surface area (Å²) >= 11 is 0. The summed E-state index contributed by atoms with van der Waals surface area (Å²) in [5.74, 6) is -0.711. The number of nitro benzene ring substituents is 1. The number of benzene rings is 1. The lowest BCUT2D eigenvalue weighted by molar-refractivity contribution is -0.385. The van der Waals surface area contributed by atoms with E-state index in [9.17, 15) is 14.9 Å². The van der Waals surface area contributed by atoms with Gasteiger partial charge in [0.2, 0.25) is 0 Å². The highest BCUT2D eigenvalue weighted by Gasteiger charge is 2.20. The van der Waals surface area contributed by atoms with Crippen molar-refractivity contribution in [3.8, 4) is 0 Å². The molecule has 1 aromatic carbocycles. The van der Waals surface area contributed by atoms with E-state index >= 15 is 0 Å². The van der Waals surface area contributed by atoms with Crippen LogP contribution in [0.3, 0.4) is 0 Å². The quantitative estimate of drug-likeness (QED) is 0.617. The largest absolute Gasteiger partial charge is 0.478 e. The molecule has 0 atom stereocenters. The molecule has 1 rings (SSSR count). The maximum atomic E-state index is 11.2. The van der Waals surface area contributed by atoms with Crippen LogP contribution >= 0.6 is 0 Å². The Morgan fingerprint density at radius 1 is 1.33 bits per heavy atom. The van der Waals surface area contributed by atoms with Gasteiger partial charge in [0.25, 0.3) is 5.69 Å². The summed E-state index contributed by atoms with van der Waals surface area (Å²) in [6.45, 7) is 9.54. The number of nitrogens with zero attached hydrogens (tertiary/aromatic N) is 2. The molecular weight excluding hydrogens is 272 g/mol. The third-order valence-corrected chi connectivity index (χ3v) is 3.23. The fourth-order valence-corrected chi connectivity index (χ4v) is 2.15. The molecule has 0 aliphatic heterocycles. The predicted molar refractivity (Wildman–Crippen MR) is 80.4 cm³/mol. The van der Waals surface area contributed by atoms with Crippen molar-refractivity contribution in [2.75, 3.05) is 6.54 Å². The van der Waals surface area contributed by atoms with Crippen LogP contribution in [0.4, 0.5) is 5.69 Å². The lowest BCUT2D eigenvalue weighted by atomic mass is 10.1. The van der Waals surface area contributed by atoms with Crippen molar-refractivity contribution in [2.24, 2.45) is 5.92 Å². The number of carboxylic acid groups (broad SMARTS) is 1. The number of aromatic carboxylic acids is 1. The van der Waals surface area contributed by atoms with Gasteiger partial charge in [-0.1, -0.05) is 19.9 Å². The minimum atomic E-state index is -1.16. The topological polar surface area (TPSA) is 83.7 Å². The van der Waals surface area contributed by atoms with E-state index in [1.165, 1.54) is 12.1 Å². The van der Waals surface area contributed by atoms with Crippen LogP contribution in [0.2, 0.25) is 0 Å². The summed E-state index contributed by atoms with van der Waals surface area (Å²) in [4.78, 5) is 23.7. The van der Waals surface area contributed by atoms with Crippen LogP contribution in [0.15, 0.2) is 18.2 Å². The SMILES string of the molecule is CC(C)CN(Cc1ccc(C(=O)O)cc1[N+](=O)[O-])C(C)C. The van der Waals surface area contributed by atoms with Gasteiger partial charge in [0.05, 0.1) is 10.5 Å². The van der Waals surface area contributed by atoms with Crippen LogP contribution in [0.5, 0.6) is 0 Å². The maximum Gasteiger partial charge on any atom is 0.335 e. The van der Waals surface area contributed by atoms with Gasteiger partial charge in [-0.05, 0) is 25.8 Å². The minimum absolute atomic E-state index is 0.0644. The third kappa shape index (κ3) is 4.82. The van der Waals surface area contributed by atoms with E-state index in [4.69, 9.17) is 5.11 Å². The molecule has 0 spiro atoms. The van der Waals surface area contributed by atoms with Gasteiger partial charge < -0.3 is 5.11 Å². The van der Waals surface area contributed by atoms with Crippen molar-refractivity contribution in [1.82, 2.24) is 4.90 Å². The normalized spacial score (nSPS) is 11.4. The first-order valence-corrected chi connectivity index (χ1v) is 6.97. The number of hydrogen-bond acceptors (Lipinski definition) is 4.